The molecule has 0 spiro atoms. The number of thiophene rings is 1. The molecule has 1 aliphatic heterocycles. The molecule has 1 aromatic carbocycles. The maximum atomic E-state index is 13.5. The highest BCUT2D eigenvalue weighted by molar-refractivity contribution is 9.11. The molecule has 1 amide bonds. The minimum absolute atomic E-state index is 0.0553. The Balaban J connectivity index is 1.22. The molecule has 5 aliphatic rings. The van der Waals surface area contributed by atoms with Gasteiger partial charge in [0.05, 0.1) is 16.4 Å². The van der Waals surface area contributed by atoms with Crippen molar-refractivity contribution in [3.63, 3.8) is 0 Å². The maximum Gasteiger partial charge on any atom is 0.267 e. The van der Waals surface area contributed by atoms with Crippen molar-refractivity contribution in [1.82, 2.24) is 10.3 Å². The number of hydrogen-bond donors (Lipinski definition) is 1. The summed E-state index contributed by atoms with van der Waals surface area (Å²) >= 11 is 5.51. The quantitative estimate of drug-likeness (QED) is 0.472. The number of halogens is 1. The molecule has 0 radical (unpaired) electrons. The van der Waals surface area contributed by atoms with Crippen LogP contribution in [0, 0.1) is 36.0 Å². The van der Waals surface area contributed by atoms with Crippen LogP contribution in [0.1, 0.15) is 67.1 Å². The van der Waals surface area contributed by atoms with Crippen LogP contribution in [-0.2, 0) is 17.8 Å². The lowest BCUT2D eigenvalue weighted by Gasteiger charge is -2.60. The molecule has 180 valence electrons. The van der Waals surface area contributed by atoms with Crippen LogP contribution in [-0.4, -0.2) is 23.2 Å². The second-order valence-corrected chi connectivity index (χ2v) is 14.0. The first kappa shape index (κ1) is 22.8. The lowest BCUT2D eigenvalue weighted by molar-refractivity contribution is -0.119. The Kier molecular flexibility index (Phi) is 5.68. The first-order chi connectivity index (χ1) is 16.3. The normalized spacial score (nSPS) is 30.8. The summed E-state index contributed by atoms with van der Waals surface area (Å²) in [5.74, 6) is 2.47. The molecular weight excluding hydrogens is 506 g/mol. The molecule has 2 heterocycles. The monoisotopic (exact) mass is 539 g/mol. The Morgan fingerprint density at radius 2 is 2.03 bits per heavy atom. The van der Waals surface area contributed by atoms with Crippen molar-refractivity contribution in [1.29, 1.82) is 0 Å². The number of aryl methyl sites for hydroxylation is 2. The van der Waals surface area contributed by atoms with Crippen LogP contribution < -0.4 is 5.32 Å². The van der Waals surface area contributed by atoms with Crippen molar-refractivity contribution >= 4 is 38.9 Å². The van der Waals surface area contributed by atoms with E-state index in [-0.39, 0.29) is 17.9 Å². The summed E-state index contributed by atoms with van der Waals surface area (Å²) in [4.78, 5) is 14.9. The lowest BCUT2D eigenvalue weighted by Crippen LogP contribution is -2.55. The number of nitrogens with zero attached hydrogens (tertiary/aromatic N) is 2. The molecule has 0 saturated heterocycles. The number of rotatable bonds is 5. The van der Waals surface area contributed by atoms with Gasteiger partial charge in [-0.2, -0.15) is 5.10 Å². The second kappa shape index (κ2) is 8.48. The van der Waals surface area contributed by atoms with Gasteiger partial charge < -0.3 is 5.32 Å². The lowest BCUT2D eigenvalue weighted by atomic mass is 9.45. The first-order valence-electron chi connectivity index (χ1n) is 12.8. The molecule has 5 unspecified atom stereocenters. The standard InChI is InChI=1S/C28H34BrN3OS/c1-16-4-6-17(7-5-16)15-32-25-21(11-9-18-12-23(29)34-26(18)25)24(31-32)27(33)30-14-19-8-10-20-13-22(19)28(20,2)3/h4-7,12,19-22,25H,8-11,13-15H2,1-3H3,(H,30,33). The van der Waals surface area contributed by atoms with E-state index in [2.05, 4.69) is 77.4 Å². The number of hydrazone groups is 1. The molecular formula is C28H34BrN3OS. The molecule has 4 aliphatic carbocycles. The minimum Gasteiger partial charge on any atom is -0.351 e. The number of carbonyl (C=O) groups is 1. The number of nitrogens with one attached hydrogen (secondary N) is 1. The van der Waals surface area contributed by atoms with E-state index in [0.717, 1.165) is 43.5 Å². The zero-order valence-corrected chi connectivity index (χ0v) is 22.7. The van der Waals surface area contributed by atoms with Gasteiger partial charge >= 0.3 is 0 Å². The number of benzene rings is 1. The van der Waals surface area contributed by atoms with Gasteiger partial charge in [0, 0.05) is 17.3 Å². The second-order valence-electron chi connectivity index (χ2n) is 11.5. The Labute approximate surface area is 215 Å². The van der Waals surface area contributed by atoms with Gasteiger partial charge in [0.1, 0.15) is 5.71 Å². The van der Waals surface area contributed by atoms with Crippen molar-refractivity contribution < 1.29 is 4.79 Å². The van der Waals surface area contributed by atoms with E-state index < -0.39 is 0 Å². The van der Waals surface area contributed by atoms with Gasteiger partial charge in [-0.1, -0.05) is 43.7 Å². The summed E-state index contributed by atoms with van der Waals surface area (Å²) in [5, 5.41) is 10.5. The number of amides is 1. The Hall–Kier alpha value is -1.66. The summed E-state index contributed by atoms with van der Waals surface area (Å²) in [6.45, 7) is 8.49. The van der Waals surface area contributed by atoms with E-state index in [9.17, 15) is 4.79 Å². The molecule has 2 aromatic rings. The highest BCUT2D eigenvalue weighted by Crippen LogP contribution is 2.61. The third-order valence-corrected chi connectivity index (χ3v) is 11.1. The van der Waals surface area contributed by atoms with E-state index in [4.69, 9.17) is 5.10 Å². The summed E-state index contributed by atoms with van der Waals surface area (Å²) in [6.07, 6.45) is 5.92. The Morgan fingerprint density at radius 1 is 1.24 bits per heavy atom. The van der Waals surface area contributed by atoms with Crippen LogP contribution in [0.5, 0.6) is 0 Å². The summed E-state index contributed by atoms with van der Waals surface area (Å²) in [7, 11) is 0. The van der Waals surface area contributed by atoms with Crippen molar-refractivity contribution in [2.24, 2.45) is 34.2 Å². The Morgan fingerprint density at radius 3 is 2.76 bits per heavy atom. The zero-order chi connectivity index (χ0) is 23.6. The smallest absolute Gasteiger partial charge is 0.267 e. The van der Waals surface area contributed by atoms with Gasteiger partial charge in [-0.3, -0.25) is 9.80 Å². The predicted molar refractivity (Wildman–Crippen MR) is 142 cm³/mol. The van der Waals surface area contributed by atoms with E-state index >= 15 is 0 Å². The summed E-state index contributed by atoms with van der Waals surface area (Å²) < 4.78 is 1.17. The molecule has 7 rings (SSSR count). The van der Waals surface area contributed by atoms with Gasteiger partial charge in [-0.15, -0.1) is 11.3 Å². The van der Waals surface area contributed by atoms with E-state index in [1.807, 2.05) is 11.3 Å². The van der Waals surface area contributed by atoms with Crippen LogP contribution in [0.15, 0.2) is 39.2 Å². The average molecular weight is 541 g/mol. The molecule has 1 aromatic heterocycles. The maximum absolute atomic E-state index is 13.5. The SMILES string of the molecule is Cc1ccc(CN2N=C(C(=O)NCC3CCC4CC3C4(C)C)C3CCc4cc(Br)sc4C32)cc1. The molecule has 2 bridgehead atoms. The van der Waals surface area contributed by atoms with Crippen molar-refractivity contribution in [2.75, 3.05) is 6.54 Å². The fraction of sp³-hybridized carbons (Fsp3) is 0.571. The zero-order valence-electron chi connectivity index (χ0n) is 20.3. The van der Waals surface area contributed by atoms with Crippen molar-refractivity contribution in [3.8, 4) is 0 Å². The summed E-state index contributed by atoms with van der Waals surface area (Å²) in [5.41, 5.74) is 5.10. The van der Waals surface area contributed by atoms with Crippen molar-refractivity contribution in [2.45, 2.75) is 65.5 Å². The fourth-order valence-corrected chi connectivity index (χ4v) is 9.07. The van der Waals surface area contributed by atoms with Gasteiger partial charge in [-0.05, 0) is 95.3 Å². The molecule has 5 atom stereocenters. The molecule has 34 heavy (non-hydrogen) atoms. The van der Waals surface area contributed by atoms with Crippen LogP contribution in [0.25, 0.3) is 0 Å². The fourth-order valence-electron chi connectivity index (χ4n) is 7.16. The highest BCUT2D eigenvalue weighted by Gasteiger charge is 2.54. The number of hydrogen-bond acceptors (Lipinski definition) is 4. The van der Waals surface area contributed by atoms with Crippen LogP contribution in [0.4, 0.5) is 0 Å². The first-order valence-corrected chi connectivity index (χ1v) is 14.4. The topological polar surface area (TPSA) is 44.7 Å². The average Bonchev–Trinajstić information content (AvgIpc) is 3.38. The molecule has 6 heteroatoms. The third-order valence-electron chi connectivity index (χ3n) is 9.32. The van der Waals surface area contributed by atoms with Gasteiger partial charge in [0.25, 0.3) is 5.91 Å². The predicted octanol–water partition coefficient (Wildman–Crippen LogP) is 6.48. The largest absolute Gasteiger partial charge is 0.351 e. The number of fused-ring (bicyclic) bond motifs is 5. The van der Waals surface area contributed by atoms with Crippen LogP contribution in [0.3, 0.4) is 0 Å². The molecule has 1 N–H and O–H groups in total. The van der Waals surface area contributed by atoms with Gasteiger partial charge in [0.15, 0.2) is 0 Å². The van der Waals surface area contributed by atoms with Crippen molar-refractivity contribution in [3.05, 3.63) is 55.7 Å². The van der Waals surface area contributed by atoms with E-state index in [0.29, 0.717) is 11.3 Å². The van der Waals surface area contributed by atoms with Crippen LogP contribution >= 0.6 is 27.3 Å². The molecule has 3 saturated carbocycles. The number of carbonyl (C=O) groups excluding carboxylic acids is 1. The van der Waals surface area contributed by atoms with Crippen LogP contribution in [0.2, 0.25) is 0 Å². The molecule has 3 fully saturated rings. The van der Waals surface area contributed by atoms with Gasteiger partial charge in [-0.25, -0.2) is 0 Å². The minimum atomic E-state index is 0.0553. The Bertz CT molecular complexity index is 1140. The summed E-state index contributed by atoms with van der Waals surface area (Å²) in [6, 6.07) is 11.1. The third kappa shape index (κ3) is 3.76. The van der Waals surface area contributed by atoms with E-state index in [1.54, 1.807) is 0 Å². The van der Waals surface area contributed by atoms with Gasteiger partial charge in [0.2, 0.25) is 0 Å². The highest BCUT2D eigenvalue weighted by atomic mass is 79.9. The molecule has 4 nitrogen and oxygen atoms in total. The van der Waals surface area contributed by atoms with E-state index in [1.165, 1.54) is 44.6 Å².